The second kappa shape index (κ2) is 5.39. The molecular formula is C10H18O3S. The van der Waals surface area contributed by atoms with E-state index in [9.17, 15) is 9.59 Å². The maximum absolute atomic E-state index is 11.6. The number of carbonyl (C=O) groups is 2. The molecule has 0 aliphatic rings. The zero-order chi connectivity index (χ0) is 11.4. The fourth-order valence-electron chi connectivity index (χ4n) is 0.979. The lowest BCUT2D eigenvalue weighted by atomic mass is 9.97. The van der Waals surface area contributed by atoms with Crippen LogP contribution in [0.25, 0.3) is 0 Å². The van der Waals surface area contributed by atoms with E-state index in [4.69, 9.17) is 5.11 Å². The van der Waals surface area contributed by atoms with Crippen LogP contribution in [-0.2, 0) is 9.59 Å². The first kappa shape index (κ1) is 13.5. The van der Waals surface area contributed by atoms with Crippen molar-refractivity contribution in [1.82, 2.24) is 0 Å². The molecule has 0 aromatic carbocycles. The number of Topliss-reactive ketones (excluding diaryl/α,β-unsaturated/α-hetero) is 1. The van der Waals surface area contributed by atoms with E-state index in [0.29, 0.717) is 12.3 Å². The Kier molecular flexibility index (Phi) is 5.19. The largest absolute Gasteiger partial charge is 0.480 e. The van der Waals surface area contributed by atoms with E-state index < -0.39 is 10.7 Å². The summed E-state index contributed by atoms with van der Waals surface area (Å²) in [5, 5.41) is 8.93. The van der Waals surface area contributed by atoms with E-state index in [-0.39, 0.29) is 5.78 Å². The quantitative estimate of drug-likeness (QED) is 0.694. The molecule has 0 fully saturated rings. The molecule has 0 aromatic rings. The van der Waals surface area contributed by atoms with Gasteiger partial charge in [-0.25, -0.2) is 0 Å². The highest BCUT2D eigenvalue weighted by Gasteiger charge is 2.39. The van der Waals surface area contributed by atoms with E-state index in [1.807, 2.05) is 13.8 Å². The molecule has 1 N–H and O–H groups in total. The van der Waals surface area contributed by atoms with E-state index >= 15 is 0 Å². The minimum atomic E-state index is -1.27. The number of rotatable bonds is 6. The first-order valence-electron chi connectivity index (χ1n) is 4.66. The summed E-state index contributed by atoms with van der Waals surface area (Å²) in [5.74, 6) is -0.802. The van der Waals surface area contributed by atoms with Crippen LogP contribution in [0.4, 0.5) is 0 Å². The molecule has 1 atom stereocenters. The van der Waals surface area contributed by atoms with E-state index in [1.165, 1.54) is 6.92 Å². The summed E-state index contributed by atoms with van der Waals surface area (Å²) in [7, 11) is 0. The Balaban J connectivity index is 4.40. The third-order valence-corrected chi connectivity index (χ3v) is 3.52. The summed E-state index contributed by atoms with van der Waals surface area (Å²) < 4.78 is -1.27. The number of carbonyl (C=O) groups excluding carboxylic acids is 1. The summed E-state index contributed by atoms with van der Waals surface area (Å²) in [6, 6.07) is 0. The summed E-state index contributed by atoms with van der Waals surface area (Å²) in [4.78, 5) is 22.5. The van der Waals surface area contributed by atoms with Gasteiger partial charge in [0.2, 0.25) is 0 Å². The lowest BCUT2D eigenvalue weighted by molar-refractivity contribution is -0.143. The van der Waals surface area contributed by atoms with Crippen LogP contribution in [0.3, 0.4) is 0 Å². The number of ketones is 1. The first-order valence-corrected chi connectivity index (χ1v) is 5.89. The Morgan fingerprint density at radius 2 is 1.93 bits per heavy atom. The van der Waals surface area contributed by atoms with Gasteiger partial charge in [-0.1, -0.05) is 13.8 Å². The Morgan fingerprint density at radius 3 is 2.21 bits per heavy atom. The zero-order valence-corrected chi connectivity index (χ0v) is 9.98. The van der Waals surface area contributed by atoms with Crippen molar-refractivity contribution in [2.45, 2.75) is 38.4 Å². The molecule has 0 radical (unpaired) electrons. The maximum Gasteiger partial charge on any atom is 0.327 e. The predicted octanol–water partition coefficient (Wildman–Crippen LogP) is 2.20. The highest BCUT2D eigenvalue weighted by Crippen LogP contribution is 2.26. The minimum Gasteiger partial charge on any atom is -0.480 e. The highest BCUT2D eigenvalue weighted by molar-refractivity contribution is 8.01. The van der Waals surface area contributed by atoms with Crippen molar-refractivity contribution in [2.24, 2.45) is 5.92 Å². The van der Waals surface area contributed by atoms with Gasteiger partial charge in [0.25, 0.3) is 0 Å². The van der Waals surface area contributed by atoms with Crippen molar-refractivity contribution in [3.63, 3.8) is 0 Å². The summed E-state index contributed by atoms with van der Waals surface area (Å²) in [5.41, 5.74) is 0. The van der Waals surface area contributed by atoms with Gasteiger partial charge in [-0.2, -0.15) is 0 Å². The smallest absolute Gasteiger partial charge is 0.327 e. The van der Waals surface area contributed by atoms with Gasteiger partial charge in [-0.3, -0.25) is 9.59 Å². The van der Waals surface area contributed by atoms with Gasteiger partial charge in [0, 0.05) is 6.42 Å². The standard InChI is InChI=1S/C10H18O3S/c1-7(2)5-6-8(11)10(3,14-4)9(12)13/h7H,5-6H2,1-4H3,(H,12,13). The van der Waals surface area contributed by atoms with Gasteiger partial charge in [-0.05, 0) is 25.5 Å². The molecule has 0 rings (SSSR count). The Morgan fingerprint density at radius 1 is 1.43 bits per heavy atom. The minimum absolute atomic E-state index is 0.189. The molecule has 0 aliphatic heterocycles. The van der Waals surface area contributed by atoms with Crippen LogP contribution in [0.15, 0.2) is 0 Å². The van der Waals surface area contributed by atoms with Gasteiger partial charge in [0.05, 0.1) is 0 Å². The highest BCUT2D eigenvalue weighted by atomic mass is 32.2. The topological polar surface area (TPSA) is 54.4 Å². The Labute approximate surface area is 89.3 Å². The molecule has 14 heavy (non-hydrogen) atoms. The van der Waals surface area contributed by atoms with Crippen molar-refractivity contribution < 1.29 is 14.7 Å². The predicted molar refractivity (Wildman–Crippen MR) is 58.6 cm³/mol. The molecule has 0 saturated carbocycles. The molecule has 1 unspecified atom stereocenters. The Hall–Kier alpha value is -0.510. The van der Waals surface area contributed by atoms with E-state index in [1.54, 1.807) is 6.26 Å². The fraction of sp³-hybridized carbons (Fsp3) is 0.800. The van der Waals surface area contributed by atoms with Crippen molar-refractivity contribution in [1.29, 1.82) is 0 Å². The van der Waals surface area contributed by atoms with E-state index in [0.717, 1.165) is 18.2 Å². The zero-order valence-electron chi connectivity index (χ0n) is 9.16. The number of carboxylic acid groups (broad SMARTS) is 1. The van der Waals surface area contributed by atoms with Gasteiger partial charge in [0.1, 0.15) is 0 Å². The molecule has 0 bridgehead atoms. The van der Waals surface area contributed by atoms with E-state index in [2.05, 4.69) is 0 Å². The second-order valence-electron chi connectivity index (χ2n) is 3.90. The third kappa shape index (κ3) is 3.33. The summed E-state index contributed by atoms with van der Waals surface area (Å²) in [6.45, 7) is 5.51. The van der Waals surface area contributed by atoms with Crippen molar-refractivity contribution in [2.75, 3.05) is 6.26 Å². The van der Waals surface area contributed by atoms with Gasteiger partial charge >= 0.3 is 5.97 Å². The van der Waals surface area contributed by atoms with Gasteiger partial charge in [0.15, 0.2) is 10.5 Å². The molecule has 0 heterocycles. The molecule has 4 heteroatoms. The number of aliphatic carboxylic acids is 1. The summed E-state index contributed by atoms with van der Waals surface area (Å²) in [6.07, 6.45) is 2.75. The molecule has 82 valence electrons. The van der Waals surface area contributed by atoms with Crippen LogP contribution >= 0.6 is 11.8 Å². The number of hydrogen-bond acceptors (Lipinski definition) is 3. The van der Waals surface area contributed by atoms with Crippen LogP contribution in [0.1, 0.15) is 33.6 Å². The fourth-order valence-corrected chi connectivity index (χ4v) is 1.48. The lowest BCUT2D eigenvalue weighted by Gasteiger charge is -2.20. The number of hydrogen-bond donors (Lipinski definition) is 1. The average molecular weight is 218 g/mol. The first-order chi connectivity index (χ1) is 6.34. The van der Waals surface area contributed by atoms with Crippen molar-refractivity contribution in [3.05, 3.63) is 0 Å². The molecule has 0 saturated heterocycles. The van der Waals surface area contributed by atoms with Crippen LogP contribution in [0, 0.1) is 5.92 Å². The van der Waals surface area contributed by atoms with Crippen molar-refractivity contribution in [3.8, 4) is 0 Å². The van der Waals surface area contributed by atoms with Crippen LogP contribution in [0.2, 0.25) is 0 Å². The maximum atomic E-state index is 11.6. The number of thioether (sulfide) groups is 1. The second-order valence-corrected chi connectivity index (χ2v) is 5.12. The van der Waals surface area contributed by atoms with Gasteiger partial charge < -0.3 is 5.11 Å². The van der Waals surface area contributed by atoms with Crippen LogP contribution in [-0.4, -0.2) is 27.9 Å². The molecule has 0 amide bonds. The third-order valence-electron chi connectivity index (χ3n) is 2.30. The lowest BCUT2D eigenvalue weighted by Crippen LogP contribution is -2.40. The van der Waals surface area contributed by atoms with Crippen LogP contribution in [0.5, 0.6) is 0 Å². The number of carboxylic acids is 1. The Bertz CT molecular complexity index is 225. The SMILES string of the molecule is CSC(C)(C(=O)O)C(=O)CCC(C)C. The molecule has 0 spiro atoms. The molecular weight excluding hydrogens is 200 g/mol. The average Bonchev–Trinajstić information content (AvgIpc) is 2.12. The molecule has 0 aromatic heterocycles. The summed E-state index contributed by atoms with van der Waals surface area (Å²) >= 11 is 1.09. The van der Waals surface area contributed by atoms with Gasteiger partial charge in [-0.15, -0.1) is 11.8 Å². The molecule has 3 nitrogen and oxygen atoms in total. The monoisotopic (exact) mass is 218 g/mol. The molecule has 0 aliphatic carbocycles. The van der Waals surface area contributed by atoms with Crippen molar-refractivity contribution >= 4 is 23.5 Å². The normalized spacial score (nSPS) is 15.2. The van der Waals surface area contributed by atoms with Crippen LogP contribution < -0.4 is 0 Å².